The van der Waals surface area contributed by atoms with E-state index in [9.17, 15) is 18.4 Å². The van der Waals surface area contributed by atoms with Crippen LogP contribution in [0.4, 0.5) is 19.3 Å². The van der Waals surface area contributed by atoms with Crippen LogP contribution in [0.15, 0.2) is 48.5 Å². The second-order valence-corrected chi connectivity index (χ2v) is 7.82. The Kier molecular flexibility index (Phi) is 5.14. The molecule has 4 N–H and O–H groups in total. The number of alkyl halides is 2. The van der Waals surface area contributed by atoms with Gasteiger partial charge in [0, 0.05) is 28.8 Å². The molecule has 0 fully saturated rings. The van der Waals surface area contributed by atoms with Crippen molar-refractivity contribution >= 4 is 29.2 Å². The van der Waals surface area contributed by atoms with Gasteiger partial charge >= 0.3 is 6.03 Å². The number of nitrogens with two attached hydrogens (primary N) is 1. The number of carbonyl (C=O) groups excluding carboxylic acids is 2. The summed E-state index contributed by atoms with van der Waals surface area (Å²) in [5.74, 6) is -3.66. The number of aromatic amines is 1. The molecule has 0 aliphatic carbocycles. The van der Waals surface area contributed by atoms with Crippen molar-refractivity contribution in [2.75, 3.05) is 11.9 Å². The quantitative estimate of drug-likeness (QED) is 0.541. The van der Waals surface area contributed by atoms with Gasteiger partial charge in [-0.2, -0.15) is 5.10 Å². The standard InChI is InChI=1S/C21H18ClF2N5O2/c1-21(23,24)10-29-18(11-5-7-13(22)8-6-11)15-16(27-28-17(15)19(29)30)12-3-2-4-14(9-12)26-20(25)31/h2-9,18H,10H2,1H3,(H,27,28)(H3,25,26,31). The van der Waals surface area contributed by atoms with Crippen LogP contribution in [0.25, 0.3) is 11.3 Å². The van der Waals surface area contributed by atoms with Gasteiger partial charge in [-0.3, -0.25) is 9.89 Å². The minimum absolute atomic E-state index is 0.146. The first kappa shape index (κ1) is 20.8. The molecule has 10 heteroatoms. The Bertz CT molecular complexity index is 1160. The minimum atomic E-state index is -3.09. The fraction of sp³-hybridized carbons (Fsp3) is 0.190. The maximum atomic E-state index is 13.9. The Morgan fingerprint density at radius 1 is 1.29 bits per heavy atom. The summed E-state index contributed by atoms with van der Waals surface area (Å²) in [5, 5.41) is 9.94. The van der Waals surface area contributed by atoms with Crippen LogP contribution in [0.1, 0.15) is 34.6 Å². The van der Waals surface area contributed by atoms with Crippen molar-refractivity contribution in [3.05, 3.63) is 70.4 Å². The summed E-state index contributed by atoms with van der Waals surface area (Å²) < 4.78 is 27.9. The summed E-state index contributed by atoms with van der Waals surface area (Å²) >= 11 is 5.99. The third-order valence-corrected chi connectivity index (χ3v) is 5.15. The Balaban J connectivity index is 1.85. The summed E-state index contributed by atoms with van der Waals surface area (Å²) in [6, 6.07) is 11.9. The van der Waals surface area contributed by atoms with E-state index in [-0.39, 0.29) is 5.69 Å². The number of benzene rings is 2. The summed E-state index contributed by atoms with van der Waals surface area (Å²) in [7, 11) is 0. The van der Waals surface area contributed by atoms with Crippen molar-refractivity contribution in [2.45, 2.75) is 18.9 Å². The largest absolute Gasteiger partial charge is 0.351 e. The molecule has 4 rings (SSSR count). The van der Waals surface area contributed by atoms with E-state index in [0.29, 0.717) is 33.1 Å². The van der Waals surface area contributed by atoms with Crippen LogP contribution in [0.3, 0.4) is 0 Å². The van der Waals surface area contributed by atoms with Gasteiger partial charge in [0.1, 0.15) is 5.69 Å². The first-order valence-corrected chi connectivity index (χ1v) is 9.71. The van der Waals surface area contributed by atoms with E-state index in [1.165, 1.54) is 0 Å². The number of aromatic nitrogens is 2. The highest BCUT2D eigenvalue weighted by Gasteiger charge is 2.45. The van der Waals surface area contributed by atoms with Gasteiger partial charge in [-0.1, -0.05) is 35.9 Å². The van der Waals surface area contributed by atoms with Gasteiger partial charge in [-0.05, 0) is 29.8 Å². The van der Waals surface area contributed by atoms with Crippen molar-refractivity contribution in [3.63, 3.8) is 0 Å². The number of fused-ring (bicyclic) bond motifs is 1. The average molecular weight is 446 g/mol. The number of hydrogen-bond donors (Lipinski definition) is 3. The molecule has 1 aliphatic rings. The number of amides is 3. The number of halogens is 3. The lowest BCUT2D eigenvalue weighted by Gasteiger charge is -2.28. The monoisotopic (exact) mass is 445 g/mol. The Labute approximate surface area is 181 Å². The predicted octanol–water partition coefficient (Wildman–Crippen LogP) is 4.42. The minimum Gasteiger partial charge on any atom is -0.351 e. The number of rotatable bonds is 5. The van der Waals surface area contributed by atoms with Crippen LogP contribution in [0.2, 0.25) is 5.02 Å². The Hall–Kier alpha value is -3.46. The molecule has 7 nitrogen and oxygen atoms in total. The van der Waals surface area contributed by atoms with Crippen molar-refractivity contribution < 1.29 is 18.4 Å². The molecule has 2 aromatic carbocycles. The molecule has 2 heterocycles. The van der Waals surface area contributed by atoms with Gasteiger partial charge in [0.2, 0.25) is 0 Å². The average Bonchev–Trinajstić information content (AvgIpc) is 3.21. The van der Waals surface area contributed by atoms with E-state index in [0.717, 1.165) is 11.8 Å². The van der Waals surface area contributed by atoms with Crippen LogP contribution in [-0.4, -0.2) is 39.5 Å². The molecule has 160 valence electrons. The second-order valence-electron chi connectivity index (χ2n) is 7.39. The van der Waals surface area contributed by atoms with Gasteiger partial charge < -0.3 is 16.0 Å². The van der Waals surface area contributed by atoms with E-state index in [2.05, 4.69) is 15.5 Å². The van der Waals surface area contributed by atoms with Crippen molar-refractivity contribution in [1.29, 1.82) is 0 Å². The fourth-order valence-electron chi connectivity index (χ4n) is 3.76. The summed E-state index contributed by atoms with van der Waals surface area (Å²) in [6.07, 6.45) is 0. The number of anilines is 1. The molecule has 0 saturated carbocycles. The zero-order chi connectivity index (χ0) is 22.3. The van der Waals surface area contributed by atoms with Crippen LogP contribution in [-0.2, 0) is 0 Å². The summed E-state index contributed by atoms with van der Waals surface area (Å²) in [4.78, 5) is 25.3. The second kappa shape index (κ2) is 7.66. The molecule has 1 unspecified atom stereocenters. The Morgan fingerprint density at radius 2 is 2.00 bits per heavy atom. The van der Waals surface area contributed by atoms with Gasteiger partial charge in [0.25, 0.3) is 11.8 Å². The molecule has 0 radical (unpaired) electrons. The van der Waals surface area contributed by atoms with Gasteiger partial charge in [-0.25, -0.2) is 13.6 Å². The summed E-state index contributed by atoms with van der Waals surface area (Å²) in [5.41, 5.74) is 7.86. The normalized spacial score (nSPS) is 15.8. The maximum absolute atomic E-state index is 13.9. The van der Waals surface area contributed by atoms with E-state index < -0.39 is 30.4 Å². The van der Waals surface area contributed by atoms with Crippen LogP contribution >= 0.6 is 11.6 Å². The van der Waals surface area contributed by atoms with Crippen LogP contribution < -0.4 is 11.1 Å². The molecule has 31 heavy (non-hydrogen) atoms. The van der Waals surface area contributed by atoms with Crippen molar-refractivity contribution in [2.24, 2.45) is 5.73 Å². The van der Waals surface area contributed by atoms with Crippen LogP contribution in [0, 0.1) is 0 Å². The summed E-state index contributed by atoms with van der Waals surface area (Å²) in [6.45, 7) is 0.00833. The highest BCUT2D eigenvalue weighted by Crippen LogP contribution is 2.44. The number of nitrogens with zero attached hydrogens (tertiary/aromatic N) is 2. The van der Waals surface area contributed by atoms with E-state index in [4.69, 9.17) is 17.3 Å². The maximum Gasteiger partial charge on any atom is 0.316 e. The number of H-pyrrole nitrogens is 1. The van der Waals surface area contributed by atoms with E-state index in [1.54, 1.807) is 48.5 Å². The van der Waals surface area contributed by atoms with Crippen LogP contribution in [0.5, 0.6) is 0 Å². The van der Waals surface area contributed by atoms with Crippen molar-refractivity contribution in [1.82, 2.24) is 15.1 Å². The first-order chi connectivity index (χ1) is 14.6. The number of nitrogens with one attached hydrogen (secondary N) is 2. The van der Waals surface area contributed by atoms with Gasteiger partial charge in [0.15, 0.2) is 0 Å². The Morgan fingerprint density at radius 3 is 2.65 bits per heavy atom. The molecule has 0 saturated heterocycles. The zero-order valence-corrected chi connectivity index (χ0v) is 17.1. The lowest BCUT2D eigenvalue weighted by Crippen LogP contribution is -2.38. The molecule has 1 aliphatic heterocycles. The number of urea groups is 1. The fourth-order valence-corrected chi connectivity index (χ4v) is 3.88. The molecule has 3 amide bonds. The highest BCUT2D eigenvalue weighted by atomic mass is 35.5. The lowest BCUT2D eigenvalue weighted by molar-refractivity contribution is -0.0147. The zero-order valence-electron chi connectivity index (χ0n) is 16.3. The third-order valence-electron chi connectivity index (χ3n) is 4.90. The molecule has 0 spiro atoms. The van der Waals surface area contributed by atoms with E-state index in [1.807, 2.05) is 0 Å². The van der Waals surface area contributed by atoms with Gasteiger partial charge in [-0.15, -0.1) is 0 Å². The van der Waals surface area contributed by atoms with Gasteiger partial charge in [0.05, 0.1) is 18.3 Å². The third kappa shape index (κ3) is 4.09. The number of hydrogen-bond acceptors (Lipinski definition) is 3. The molecule has 0 bridgehead atoms. The molecule has 1 aromatic heterocycles. The van der Waals surface area contributed by atoms with E-state index >= 15 is 0 Å². The lowest BCUT2D eigenvalue weighted by atomic mass is 9.96. The highest BCUT2D eigenvalue weighted by molar-refractivity contribution is 6.30. The SMILES string of the molecule is CC(F)(F)CN1C(=O)c2[nH]nc(-c3cccc(NC(N)=O)c3)c2C1c1ccc(Cl)cc1. The predicted molar refractivity (Wildman–Crippen MR) is 112 cm³/mol. The number of carbonyl (C=O) groups is 2. The molecule has 1 atom stereocenters. The molecular weight excluding hydrogens is 428 g/mol. The smallest absolute Gasteiger partial charge is 0.316 e. The molecular formula is C21H18ClF2N5O2. The topological polar surface area (TPSA) is 104 Å². The number of primary amides is 1. The van der Waals surface area contributed by atoms with Crippen molar-refractivity contribution in [3.8, 4) is 11.3 Å². The molecule has 3 aromatic rings. The first-order valence-electron chi connectivity index (χ1n) is 9.33.